The van der Waals surface area contributed by atoms with Crippen LogP contribution in [0.2, 0.25) is 0 Å². The van der Waals surface area contributed by atoms with Gasteiger partial charge in [-0.15, -0.1) is 22.7 Å². The van der Waals surface area contributed by atoms with Crippen LogP contribution in [0.15, 0.2) is 35.4 Å². The molecule has 7 aliphatic rings. The van der Waals surface area contributed by atoms with E-state index in [0.717, 1.165) is 99.9 Å². The van der Waals surface area contributed by atoms with Gasteiger partial charge in [0.1, 0.15) is 9.75 Å². The predicted octanol–water partition coefficient (Wildman–Crippen LogP) is 12.0. The van der Waals surface area contributed by atoms with Crippen molar-refractivity contribution in [3.63, 3.8) is 0 Å². The second-order valence-corrected chi connectivity index (χ2v) is 26.9. The molecule has 15 heteroatoms. The summed E-state index contributed by atoms with van der Waals surface area (Å²) in [6.07, 6.45) is 20.4. The Morgan fingerprint density at radius 1 is 0.727 bits per heavy atom. The largest absolute Gasteiger partial charge is 0.477 e. The van der Waals surface area contributed by atoms with E-state index in [1.807, 2.05) is 31.7 Å². The van der Waals surface area contributed by atoms with Gasteiger partial charge in [-0.05, 0) is 177 Å². The van der Waals surface area contributed by atoms with Crippen LogP contribution < -0.4 is 9.80 Å². The van der Waals surface area contributed by atoms with Crippen molar-refractivity contribution in [2.24, 2.45) is 22.7 Å². The van der Waals surface area contributed by atoms with Crippen LogP contribution in [0.5, 0.6) is 0 Å². The molecule has 3 N–H and O–H groups in total. The molecular weight excluding hydrogens is 1010 g/mol. The molecular formula is C62H86N2O11S2. The average molecular weight is 1100 g/mol. The first-order chi connectivity index (χ1) is 36.4. The van der Waals surface area contributed by atoms with Crippen LogP contribution in [0.25, 0.3) is 0 Å². The number of aromatic carboxylic acids is 1. The molecule has 5 aliphatic carbocycles. The normalized spacial score (nSPS) is 27.2. The third-order valence-electron chi connectivity index (χ3n) is 15.9. The standard InChI is InChI=1S/C30H41NO6S.C27H35NO4S.C5H10O/c1-20-5-7-21(8-6-20)27(32)31(25-17-24(11-13-29(2,3)4)38-26(25)28(33)34)22-9-14-30(35,15-10-22)19-37-23-12-16-36-18-23;1-18-6-8-19(9-7-18)24(29)28(20-10-14-27(15-11-20)17-32-27)22-16-21(12-13-26(2,3)4)33-23(22)25(30)31-5;6-5-3-1-2-4-5/h5,17,21-23,35H,6-10,12,14-16,18-19H2,1-4H3,(H,33,34);6,16,19-20H,7-11,14-15,17H2,1-5H3;5-6H,1-4H2/t21-,22?,23-,30?;19-,20?,27?;/m00./s1. The van der Waals surface area contributed by atoms with E-state index in [2.05, 4.69) is 70.5 Å². The van der Waals surface area contributed by atoms with Crippen molar-refractivity contribution in [1.29, 1.82) is 0 Å². The highest BCUT2D eigenvalue weighted by Crippen LogP contribution is 2.46. The number of carboxylic acids is 1. The van der Waals surface area contributed by atoms with E-state index in [1.54, 1.807) is 11.0 Å². The lowest BCUT2D eigenvalue weighted by Crippen LogP contribution is -2.50. The van der Waals surface area contributed by atoms with Gasteiger partial charge in [0.25, 0.3) is 0 Å². The fraction of sp³-hybridized carbons (Fsp3) is 0.677. The SMILES string of the molecule is CC1=CC[C@H](C(=O)N(c2cc(C#CC(C)(C)C)sc2C(=O)O)C2CCC(O)(CO[C@H]3CCOC3)CC2)CC1.COC(=O)c1sc(C#CC(C)(C)C)cc1N(C(=O)[C@H]1CC=C(C)CC1)C1CCC2(CC1)CO2.OC1CCCC1. The maximum atomic E-state index is 14.0. The lowest BCUT2D eigenvalue weighted by Gasteiger charge is -2.42. The summed E-state index contributed by atoms with van der Waals surface area (Å²) < 4.78 is 22.1. The molecule has 77 heavy (non-hydrogen) atoms. The number of carboxylic acid groups (broad SMARTS) is 1. The van der Waals surface area contributed by atoms with E-state index in [0.29, 0.717) is 66.4 Å². The zero-order valence-electron chi connectivity index (χ0n) is 47.4. The molecule has 2 aromatic rings. The first-order valence-electron chi connectivity index (χ1n) is 28.3. The predicted molar refractivity (Wildman–Crippen MR) is 305 cm³/mol. The summed E-state index contributed by atoms with van der Waals surface area (Å²) in [4.78, 5) is 58.8. The van der Waals surface area contributed by atoms with E-state index >= 15 is 0 Å². The summed E-state index contributed by atoms with van der Waals surface area (Å²) in [5.41, 5.74) is 2.45. The Morgan fingerprint density at radius 2 is 1.21 bits per heavy atom. The number of aliphatic hydroxyl groups excluding tert-OH is 1. The lowest BCUT2D eigenvalue weighted by atomic mass is 9.81. The number of allylic oxidation sites excluding steroid dienone is 4. The summed E-state index contributed by atoms with van der Waals surface area (Å²) in [6.45, 7) is 18.7. The summed E-state index contributed by atoms with van der Waals surface area (Å²) in [5, 5.41) is 30.0. The van der Waals surface area contributed by atoms with Gasteiger partial charge in [0.2, 0.25) is 11.8 Å². The van der Waals surface area contributed by atoms with E-state index in [9.17, 15) is 29.4 Å². The summed E-state index contributed by atoms with van der Waals surface area (Å²) in [7, 11) is 1.39. The first kappa shape index (κ1) is 60.3. The number of carbonyl (C=O) groups is 4. The summed E-state index contributed by atoms with van der Waals surface area (Å²) in [6, 6.07) is 3.57. The molecule has 0 radical (unpaired) electrons. The number of ether oxygens (including phenoxy) is 4. The van der Waals surface area contributed by atoms with Crippen molar-refractivity contribution in [2.45, 2.75) is 213 Å². The molecule has 3 saturated carbocycles. The molecule has 4 heterocycles. The highest BCUT2D eigenvalue weighted by Gasteiger charge is 2.49. The molecule has 1 spiro atoms. The minimum Gasteiger partial charge on any atom is -0.477 e. The van der Waals surface area contributed by atoms with Gasteiger partial charge in [0, 0.05) is 41.4 Å². The Morgan fingerprint density at radius 3 is 1.60 bits per heavy atom. The van der Waals surface area contributed by atoms with Gasteiger partial charge >= 0.3 is 11.9 Å². The van der Waals surface area contributed by atoms with Gasteiger partial charge in [0.05, 0.1) is 71.5 Å². The highest BCUT2D eigenvalue weighted by molar-refractivity contribution is 7.15. The number of hydrogen-bond acceptors (Lipinski definition) is 12. The molecule has 422 valence electrons. The quantitative estimate of drug-likeness (QED) is 0.0845. The van der Waals surface area contributed by atoms with Crippen LogP contribution in [0.1, 0.15) is 206 Å². The van der Waals surface area contributed by atoms with Crippen LogP contribution in [0, 0.1) is 46.3 Å². The number of carbonyl (C=O) groups excluding carboxylic acids is 3. The maximum Gasteiger partial charge on any atom is 0.350 e. The molecule has 9 rings (SSSR count). The van der Waals surface area contributed by atoms with Gasteiger partial charge in [-0.1, -0.05) is 59.8 Å². The summed E-state index contributed by atoms with van der Waals surface area (Å²) >= 11 is 2.45. The van der Waals surface area contributed by atoms with Gasteiger partial charge in [-0.25, -0.2) is 9.59 Å². The summed E-state index contributed by atoms with van der Waals surface area (Å²) in [5.74, 6) is 11.2. The molecule has 2 aliphatic heterocycles. The monoisotopic (exact) mass is 1100 g/mol. The molecule has 2 saturated heterocycles. The van der Waals surface area contributed by atoms with Crippen molar-refractivity contribution >= 4 is 57.8 Å². The number of nitrogens with zero attached hydrogens (tertiary/aromatic N) is 2. The van der Waals surface area contributed by atoms with Crippen molar-refractivity contribution in [3.05, 3.63) is 54.9 Å². The highest BCUT2D eigenvalue weighted by atomic mass is 32.1. The molecule has 2 amide bonds. The third kappa shape index (κ3) is 17.1. The van der Waals surface area contributed by atoms with Gasteiger partial charge in [0.15, 0.2) is 0 Å². The van der Waals surface area contributed by atoms with Crippen LogP contribution in [-0.4, -0.2) is 108 Å². The molecule has 0 aromatic carbocycles. The Balaban J connectivity index is 0.000000203. The van der Waals surface area contributed by atoms with E-state index in [1.165, 1.54) is 42.4 Å². The number of amides is 2. The topological polar surface area (TPSA) is 176 Å². The number of anilines is 2. The zero-order valence-corrected chi connectivity index (χ0v) is 49.0. The van der Waals surface area contributed by atoms with Crippen LogP contribution in [-0.2, 0) is 28.5 Å². The van der Waals surface area contributed by atoms with Gasteiger partial charge in [-0.2, -0.15) is 0 Å². The number of rotatable bonds is 11. The number of thiophene rings is 2. The number of aliphatic hydroxyl groups is 2. The van der Waals surface area contributed by atoms with Crippen LogP contribution in [0.4, 0.5) is 11.4 Å². The number of methoxy groups -OCH3 is 1. The molecule has 0 unspecified atom stereocenters. The van der Waals surface area contributed by atoms with Crippen molar-refractivity contribution in [2.75, 3.05) is 43.3 Å². The minimum absolute atomic E-state index is 0.0224. The van der Waals surface area contributed by atoms with Crippen LogP contribution >= 0.6 is 22.7 Å². The second kappa shape index (κ2) is 26.3. The Kier molecular flexibility index (Phi) is 20.6. The lowest BCUT2D eigenvalue weighted by molar-refractivity contribution is -0.124. The third-order valence-corrected chi connectivity index (χ3v) is 18.0. The zero-order chi connectivity index (χ0) is 55.7. The Bertz CT molecular complexity index is 2570. The minimum atomic E-state index is -1.05. The second-order valence-electron chi connectivity index (χ2n) is 24.8. The van der Waals surface area contributed by atoms with Crippen molar-refractivity contribution < 1.29 is 53.4 Å². The maximum absolute atomic E-state index is 14.0. The molecule has 3 atom stereocenters. The Hall–Kier alpha value is -4.32. The fourth-order valence-corrected chi connectivity index (χ4v) is 12.8. The molecule has 5 fully saturated rings. The smallest absolute Gasteiger partial charge is 0.350 e. The van der Waals surface area contributed by atoms with Crippen molar-refractivity contribution in [3.8, 4) is 23.7 Å². The average Bonchev–Trinajstić information content (AvgIpc) is 3.99. The fourth-order valence-electron chi connectivity index (χ4n) is 11.0. The molecule has 2 aromatic heterocycles. The molecule has 13 nitrogen and oxygen atoms in total. The number of hydrogen-bond donors (Lipinski definition) is 3. The number of epoxide rings is 1. The Labute approximate surface area is 466 Å². The van der Waals surface area contributed by atoms with Crippen LogP contribution in [0.3, 0.4) is 0 Å². The van der Waals surface area contributed by atoms with Crippen molar-refractivity contribution in [1.82, 2.24) is 0 Å². The van der Waals surface area contributed by atoms with E-state index in [4.69, 9.17) is 24.1 Å². The van der Waals surface area contributed by atoms with E-state index < -0.39 is 17.5 Å². The van der Waals surface area contributed by atoms with Gasteiger partial charge in [-0.3, -0.25) is 9.59 Å². The molecule has 0 bridgehead atoms. The van der Waals surface area contributed by atoms with E-state index in [-0.39, 0.29) is 75.9 Å². The number of esters is 1. The van der Waals surface area contributed by atoms with Gasteiger partial charge < -0.3 is 44.1 Å². The first-order valence-corrected chi connectivity index (χ1v) is 29.9.